The van der Waals surface area contributed by atoms with Gasteiger partial charge in [0.25, 0.3) is 5.91 Å². The summed E-state index contributed by atoms with van der Waals surface area (Å²) in [7, 11) is -3.55. The number of para-hydroxylation sites is 2. The Bertz CT molecular complexity index is 1180. The lowest BCUT2D eigenvalue weighted by Gasteiger charge is -2.34. The van der Waals surface area contributed by atoms with Crippen molar-refractivity contribution in [3.8, 4) is 11.5 Å². The van der Waals surface area contributed by atoms with E-state index >= 15 is 0 Å². The van der Waals surface area contributed by atoms with Gasteiger partial charge in [0.15, 0.2) is 6.10 Å². The average Bonchev–Trinajstić information content (AvgIpc) is 2.83. The maximum absolute atomic E-state index is 12.8. The minimum atomic E-state index is -3.55. The van der Waals surface area contributed by atoms with Crippen LogP contribution in [0.4, 0.5) is 11.4 Å². The van der Waals surface area contributed by atoms with E-state index in [1.165, 1.54) is 4.31 Å². The normalized spacial score (nSPS) is 15.4. The maximum atomic E-state index is 12.8. The number of carbonyl (C=O) groups excluding carboxylic acids is 1. The zero-order chi connectivity index (χ0) is 22.6. The molecule has 1 amide bonds. The first-order chi connectivity index (χ1) is 15.5. The third-order valence-electron chi connectivity index (χ3n) is 5.10. The fourth-order valence-corrected chi connectivity index (χ4v) is 4.48. The van der Waals surface area contributed by atoms with Gasteiger partial charge in [-0.2, -0.15) is 0 Å². The Balaban J connectivity index is 1.42. The minimum absolute atomic E-state index is 0.0693. The van der Waals surface area contributed by atoms with Crippen molar-refractivity contribution < 1.29 is 22.7 Å². The first-order valence-corrected chi connectivity index (χ1v) is 11.9. The summed E-state index contributed by atoms with van der Waals surface area (Å²) in [4.78, 5) is 12.8. The summed E-state index contributed by atoms with van der Waals surface area (Å²) in [6.07, 6.45) is -0.972. The molecule has 1 aliphatic rings. The number of fused-ring (bicyclic) bond motifs is 1. The number of benzene rings is 3. The fourth-order valence-electron chi connectivity index (χ4n) is 3.36. The molecule has 3 aromatic carbocycles. The Morgan fingerprint density at radius 3 is 2.44 bits per heavy atom. The molecule has 32 heavy (non-hydrogen) atoms. The van der Waals surface area contributed by atoms with Crippen LogP contribution in [0.25, 0.3) is 0 Å². The van der Waals surface area contributed by atoms with Crippen LogP contribution in [0, 0.1) is 0 Å². The monoisotopic (exact) mass is 452 g/mol. The van der Waals surface area contributed by atoms with Crippen molar-refractivity contribution in [1.82, 2.24) is 0 Å². The lowest BCUT2D eigenvalue weighted by atomic mass is 10.2. The van der Waals surface area contributed by atoms with Gasteiger partial charge in [-0.1, -0.05) is 42.5 Å². The first-order valence-electron chi connectivity index (χ1n) is 10.3. The predicted octanol–water partition coefficient (Wildman–Crippen LogP) is 3.82. The Hall–Kier alpha value is -3.52. The van der Waals surface area contributed by atoms with Crippen LogP contribution in [-0.4, -0.2) is 32.7 Å². The molecular formula is C24H24N2O5S. The van der Waals surface area contributed by atoms with Crippen LogP contribution in [0.5, 0.6) is 11.5 Å². The van der Waals surface area contributed by atoms with Crippen molar-refractivity contribution in [3.05, 3.63) is 84.4 Å². The second-order valence-electron chi connectivity index (χ2n) is 7.29. The van der Waals surface area contributed by atoms with Gasteiger partial charge in [-0.15, -0.1) is 0 Å². The van der Waals surface area contributed by atoms with E-state index < -0.39 is 22.0 Å². The van der Waals surface area contributed by atoms with E-state index in [4.69, 9.17) is 9.47 Å². The van der Waals surface area contributed by atoms with E-state index in [2.05, 4.69) is 5.32 Å². The highest BCUT2D eigenvalue weighted by Gasteiger charge is 2.35. The Labute approximate surface area is 187 Å². The molecule has 1 heterocycles. The number of sulfonamides is 1. The van der Waals surface area contributed by atoms with E-state index in [0.29, 0.717) is 29.5 Å². The summed E-state index contributed by atoms with van der Waals surface area (Å²) in [6.45, 7) is 1.94. The van der Waals surface area contributed by atoms with Crippen LogP contribution in [0.15, 0.2) is 78.9 Å². The summed E-state index contributed by atoms with van der Waals surface area (Å²) in [5, 5.41) is 2.79. The van der Waals surface area contributed by atoms with Crippen molar-refractivity contribution in [3.63, 3.8) is 0 Å². The Kier molecular flexibility index (Phi) is 6.32. The summed E-state index contributed by atoms with van der Waals surface area (Å²) in [6, 6.07) is 23.6. The zero-order valence-electron chi connectivity index (χ0n) is 17.6. The highest BCUT2D eigenvalue weighted by Crippen LogP contribution is 2.35. The standard InChI is InChI=1S/C24H24N2O5S/c1-2-32(28,29)26-16-23(31-22-11-7-6-10-21(22)26)24(27)25-19-12-14-20(15-13-19)30-17-18-8-4-3-5-9-18/h3-15,23H,2,16-17H2,1H3,(H,25,27). The van der Waals surface area contributed by atoms with Crippen molar-refractivity contribution in [2.24, 2.45) is 0 Å². The third kappa shape index (κ3) is 4.86. The minimum Gasteiger partial charge on any atom is -0.489 e. The Morgan fingerprint density at radius 1 is 1.03 bits per heavy atom. The summed E-state index contributed by atoms with van der Waals surface area (Å²) in [5.74, 6) is 0.546. The van der Waals surface area contributed by atoms with Crippen LogP contribution in [0.2, 0.25) is 0 Å². The van der Waals surface area contributed by atoms with Gasteiger partial charge in [0.2, 0.25) is 10.0 Å². The van der Waals surface area contributed by atoms with Gasteiger partial charge in [0.05, 0.1) is 18.0 Å². The van der Waals surface area contributed by atoms with Crippen molar-refractivity contribution in [2.45, 2.75) is 19.6 Å². The molecule has 0 radical (unpaired) electrons. The number of anilines is 2. The fraction of sp³-hybridized carbons (Fsp3) is 0.208. The first kappa shape index (κ1) is 21.7. The smallest absolute Gasteiger partial charge is 0.267 e. The summed E-state index contributed by atoms with van der Waals surface area (Å²) in [5.41, 5.74) is 2.07. The molecule has 3 aromatic rings. The van der Waals surface area contributed by atoms with E-state index in [0.717, 1.165) is 5.56 Å². The quantitative estimate of drug-likeness (QED) is 0.589. The predicted molar refractivity (Wildman–Crippen MR) is 124 cm³/mol. The highest BCUT2D eigenvalue weighted by molar-refractivity contribution is 7.92. The van der Waals surface area contributed by atoms with Gasteiger partial charge in [0, 0.05) is 5.69 Å². The number of amides is 1. The summed E-state index contributed by atoms with van der Waals surface area (Å²) < 4.78 is 38.0. The second-order valence-corrected chi connectivity index (χ2v) is 9.48. The molecule has 0 aromatic heterocycles. The van der Waals surface area contributed by atoms with Crippen molar-refractivity contribution in [2.75, 3.05) is 21.9 Å². The average molecular weight is 453 g/mol. The molecular weight excluding hydrogens is 428 g/mol. The van der Waals surface area contributed by atoms with Crippen molar-refractivity contribution in [1.29, 1.82) is 0 Å². The molecule has 1 aliphatic heterocycles. The van der Waals surface area contributed by atoms with Crippen LogP contribution in [-0.2, 0) is 21.4 Å². The van der Waals surface area contributed by atoms with Crippen LogP contribution < -0.4 is 19.1 Å². The van der Waals surface area contributed by atoms with Crippen LogP contribution in [0.3, 0.4) is 0 Å². The second kappa shape index (κ2) is 9.32. The molecule has 0 bridgehead atoms. The van der Waals surface area contributed by atoms with Crippen molar-refractivity contribution >= 4 is 27.3 Å². The topological polar surface area (TPSA) is 84.9 Å². The lowest BCUT2D eigenvalue weighted by Crippen LogP contribution is -2.49. The number of nitrogens with one attached hydrogen (secondary N) is 1. The number of carbonyl (C=O) groups is 1. The molecule has 0 fully saturated rings. The molecule has 8 heteroatoms. The molecule has 0 spiro atoms. The van der Waals surface area contributed by atoms with Crippen LogP contribution in [0.1, 0.15) is 12.5 Å². The van der Waals surface area contributed by atoms with Gasteiger partial charge in [-0.05, 0) is 48.9 Å². The summed E-state index contributed by atoms with van der Waals surface area (Å²) >= 11 is 0. The van der Waals surface area contributed by atoms with E-state index in [9.17, 15) is 13.2 Å². The Morgan fingerprint density at radius 2 is 1.72 bits per heavy atom. The molecule has 1 atom stereocenters. The highest BCUT2D eigenvalue weighted by atomic mass is 32.2. The molecule has 1 N–H and O–H groups in total. The molecule has 0 saturated heterocycles. The van der Waals surface area contributed by atoms with Gasteiger partial charge in [0.1, 0.15) is 18.1 Å². The molecule has 1 unspecified atom stereocenters. The van der Waals surface area contributed by atoms with Gasteiger partial charge in [-0.25, -0.2) is 8.42 Å². The molecule has 0 aliphatic carbocycles. The van der Waals surface area contributed by atoms with E-state index in [1.807, 2.05) is 30.3 Å². The lowest BCUT2D eigenvalue weighted by molar-refractivity contribution is -0.122. The van der Waals surface area contributed by atoms with E-state index in [1.54, 1.807) is 55.5 Å². The van der Waals surface area contributed by atoms with E-state index in [-0.39, 0.29) is 12.3 Å². The van der Waals surface area contributed by atoms with Crippen LogP contribution >= 0.6 is 0 Å². The molecule has 4 rings (SSSR count). The largest absolute Gasteiger partial charge is 0.489 e. The molecule has 166 valence electrons. The number of nitrogens with zero attached hydrogens (tertiary/aromatic N) is 1. The van der Waals surface area contributed by atoms with Gasteiger partial charge >= 0.3 is 0 Å². The number of hydrogen-bond donors (Lipinski definition) is 1. The van der Waals surface area contributed by atoms with Gasteiger partial charge < -0.3 is 14.8 Å². The van der Waals surface area contributed by atoms with Gasteiger partial charge in [-0.3, -0.25) is 9.10 Å². The SMILES string of the molecule is CCS(=O)(=O)N1CC(C(=O)Nc2ccc(OCc3ccccc3)cc2)Oc2ccccc21. The molecule has 0 saturated carbocycles. The number of hydrogen-bond acceptors (Lipinski definition) is 5. The number of rotatable bonds is 7. The molecule has 7 nitrogen and oxygen atoms in total. The zero-order valence-corrected chi connectivity index (χ0v) is 18.4. The maximum Gasteiger partial charge on any atom is 0.267 e. The third-order valence-corrected chi connectivity index (χ3v) is 6.84. The number of ether oxygens (including phenoxy) is 2.